The van der Waals surface area contributed by atoms with E-state index in [9.17, 15) is 0 Å². The maximum absolute atomic E-state index is 5.05. The van der Waals surface area contributed by atoms with Gasteiger partial charge in [-0.25, -0.2) is 29.9 Å². The Labute approximate surface area is 722 Å². The van der Waals surface area contributed by atoms with E-state index in [-0.39, 0.29) is 0 Å². The van der Waals surface area contributed by atoms with Crippen LogP contribution in [0.1, 0.15) is 0 Å². The summed E-state index contributed by atoms with van der Waals surface area (Å²) in [6, 6.07) is 155. The van der Waals surface area contributed by atoms with Gasteiger partial charge in [-0.3, -0.25) is 0 Å². The standard InChI is InChI=1S/2C57H36N6/c1-3-16-37(17-4-1)55-58-56(38-18-5-2-6-19-38)60-57(59-55)39-20-15-21-40(34-39)61-51-28-13-9-24-45(51)47-36-42(31-32-53(47)61)63-52-29-14-10-25-46(52)48-35-41(30-33-54(48)63)62-49-26-11-7-22-43(49)44-23-8-12-27-50(44)62;1-3-15-37(16-4-1)55-58-56(38-17-5-2-6-18-38)60-57(59-55)39-27-29-40(30-28-39)61-51-25-13-9-21-45(51)47-36-42(31-33-53(47)61)63-52-26-14-10-22-46(52)48-35-41(32-34-54(48)63)62-49-23-11-7-19-43(49)44-20-8-12-24-50(44)62/h2*1-36H. The van der Waals surface area contributed by atoms with Gasteiger partial charge in [-0.05, 0) is 158 Å². The molecule has 0 radical (unpaired) electrons. The Morgan fingerprint density at radius 3 is 0.540 bits per heavy atom. The fourth-order valence-corrected chi connectivity index (χ4v) is 19.3. The van der Waals surface area contributed by atoms with Crippen LogP contribution in [0.15, 0.2) is 437 Å². The number of hydrogen-bond donors (Lipinski definition) is 0. The molecule has 8 heterocycles. The van der Waals surface area contributed by atoms with E-state index >= 15 is 0 Å². The van der Waals surface area contributed by atoms with E-state index in [1.54, 1.807) is 0 Å². The monoisotopic (exact) mass is 1610 g/mol. The second kappa shape index (κ2) is 29.3. The van der Waals surface area contributed by atoms with E-state index in [4.69, 9.17) is 29.9 Å². The van der Waals surface area contributed by atoms with Crippen LogP contribution in [0, 0.1) is 0 Å². The summed E-state index contributed by atoms with van der Waals surface area (Å²) >= 11 is 0. The molecule has 18 aromatic carbocycles. The summed E-state index contributed by atoms with van der Waals surface area (Å²) in [6.07, 6.45) is 0. The molecule has 0 amide bonds. The summed E-state index contributed by atoms with van der Waals surface area (Å²) in [5.74, 6) is 3.83. The van der Waals surface area contributed by atoms with Crippen LogP contribution in [-0.2, 0) is 0 Å². The SMILES string of the molecule is c1ccc(-c2nc(-c3ccccc3)nc(-c3ccc(-n4c5ccccc5c5cc(-n6c7ccccc7c7cc(-n8c9ccccc9c9ccccc98)ccc76)ccc54)cc3)n2)cc1.c1ccc(-c2nc(-c3ccccc3)nc(-c3cccc(-n4c5ccccc5c5cc(-n6c7ccccc7c7cc(-n8c9ccccc9c9ccccc98)ccc76)ccc54)c3)n2)cc1. The molecule has 0 saturated carbocycles. The topological polar surface area (TPSA) is 107 Å². The molecule has 588 valence electrons. The fraction of sp³-hybridized carbons (Fsp3) is 0. The van der Waals surface area contributed by atoms with Crippen LogP contribution in [0.2, 0.25) is 0 Å². The summed E-state index contributed by atoms with van der Waals surface area (Å²) in [7, 11) is 0. The van der Waals surface area contributed by atoms with Crippen LogP contribution in [0.4, 0.5) is 0 Å². The maximum atomic E-state index is 5.05. The molecule has 0 N–H and O–H groups in total. The van der Waals surface area contributed by atoms with Gasteiger partial charge in [0.25, 0.3) is 0 Å². The van der Waals surface area contributed by atoms with Gasteiger partial charge in [0.15, 0.2) is 34.9 Å². The third-order valence-electron chi connectivity index (χ3n) is 25.0. The first-order valence-corrected chi connectivity index (χ1v) is 42.6. The van der Waals surface area contributed by atoms with Gasteiger partial charge in [-0.2, -0.15) is 0 Å². The molecule has 126 heavy (non-hydrogen) atoms. The van der Waals surface area contributed by atoms with Crippen molar-refractivity contribution in [2.45, 2.75) is 0 Å². The average molecular weight is 1610 g/mol. The lowest BCUT2D eigenvalue weighted by Gasteiger charge is -2.12. The van der Waals surface area contributed by atoms with Crippen LogP contribution in [-0.4, -0.2) is 57.3 Å². The average Bonchev–Trinajstić information content (AvgIpc) is 1.57. The number of nitrogens with zero attached hydrogens (tertiary/aromatic N) is 12. The quantitative estimate of drug-likeness (QED) is 0.121. The molecule has 0 aliphatic carbocycles. The van der Waals surface area contributed by atoms with Crippen molar-refractivity contribution in [2.24, 2.45) is 0 Å². The molecule has 0 bridgehead atoms. The van der Waals surface area contributed by atoms with E-state index in [1.807, 2.05) is 121 Å². The van der Waals surface area contributed by atoms with Gasteiger partial charge in [0.1, 0.15) is 0 Å². The van der Waals surface area contributed by atoms with Crippen LogP contribution in [0.3, 0.4) is 0 Å². The molecular weight excluding hydrogens is 1540 g/mol. The van der Waals surface area contributed by atoms with E-state index in [2.05, 4.69) is 343 Å². The van der Waals surface area contributed by atoms with E-state index in [0.29, 0.717) is 34.9 Å². The zero-order chi connectivity index (χ0) is 82.9. The molecule has 0 fully saturated rings. The molecule has 0 aliphatic rings. The predicted octanol–water partition coefficient (Wildman–Crippen LogP) is 28.3. The van der Waals surface area contributed by atoms with Crippen molar-refractivity contribution in [1.29, 1.82) is 0 Å². The van der Waals surface area contributed by atoms with Crippen molar-refractivity contribution in [3.8, 4) is 102 Å². The smallest absolute Gasteiger partial charge is 0.164 e. The van der Waals surface area contributed by atoms with Crippen molar-refractivity contribution >= 4 is 131 Å². The molecule has 0 aliphatic heterocycles. The van der Waals surface area contributed by atoms with Crippen LogP contribution in [0.5, 0.6) is 0 Å². The highest BCUT2D eigenvalue weighted by Gasteiger charge is 2.24. The van der Waals surface area contributed by atoms with Gasteiger partial charge < -0.3 is 27.4 Å². The van der Waals surface area contributed by atoms with Crippen molar-refractivity contribution in [2.75, 3.05) is 0 Å². The number of aromatic nitrogens is 12. The largest absolute Gasteiger partial charge is 0.309 e. The Balaban J connectivity index is 0.000000137. The first-order valence-electron chi connectivity index (χ1n) is 42.6. The Morgan fingerprint density at radius 2 is 0.286 bits per heavy atom. The summed E-state index contributed by atoms with van der Waals surface area (Å²) in [5, 5.41) is 14.7. The number of hydrogen-bond acceptors (Lipinski definition) is 6. The van der Waals surface area contributed by atoms with Gasteiger partial charge in [0.05, 0.1) is 66.2 Å². The predicted molar refractivity (Wildman–Crippen MR) is 518 cm³/mol. The molecule has 8 aromatic heterocycles. The summed E-state index contributed by atoms with van der Waals surface area (Å²) in [6.45, 7) is 0. The Bertz CT molecular complexity index is 8620. The molecule has 26 rings (SSSR count). The number of benzene rings is 18. The molecule has 12 nitrogen and oxygen atoms in total. The molecule has 26 aromatic rings. The van der Waals surface area contributed by atoms with Gasteiger partial charge in [0.2, 0.25) is 0 Å². The first kappa shape index (κ1) is 71.7. The van der Waals surface area contributed by atoms with Crippen molar-refractivity contribution < 1.29 is 0 Å². The van der Waals surface area contributed by atoms with Gasteiger partial charge in [-0.1, -0.05) is 279 Å². The highest BCUT2D eigenvalue weighted by molar-refractivity contribution is 6.17. The van der Waals surface area contributed by atoms with E-state index < -0.39 is 0 Å². The molecule has 0 saturated heterocycles. The second-order valence-corrected chi connectivity index (χ2v) is 32.1. The first-order chi connectivity index (χ1) is 62.5. The minimum atomic E-state index is 0.625. The zero-order valence-corrected chi connectivity index (χ0v) is 67.9. The van der Waals surface area contributed by atoms with Crippen LogP contribution in [0.25, 0.3) is 233 Å². The molecular formula is C114H72N12. The molecule has 12 heteroatoms. The van der Waals surface area contributed by atoms with Gasteiger partial charge in [-0.15, -0.1) is 0 Å². The maximum Gasteiger partial charge on any atom is 0.164 e. The van der Waals surface area contributed by atoms with Crippen LogP contribution >= 0.6 is 0 Å². The van der Waals surface area contributed by atoms with Crippen molar-refractivity contribution in [3.05, 3.63) is 437 Å². The highest BCUT2D eigenvalue weighted by atomic mass is 15.1. The lowest BCUT2D eigenvalue weighted by atomic mass is 10.1. The number of fused-ring (bicyclic) bond motifs is 18. The van der Waals surface area contributed by atoms with E-state index in [0.717, 1.165) is 89.6 Å². The third-order valence-corrected chi connectivity index (χ3v) is 25.0. The number of rotatable bonds is 12. The highest BCUT2D eigenvalue weighted by Crippen LogP contribution is 2.44. The summed E-state index contributed by atoms with van der Waals surface area (Å²) in [4.78, 5) is 29.9. The Kier molecular flexibility index (Phi) is 16.7. The minimum absolute atomic E-state index is 0.625. The van der Waals surface area contributed by atoms with Gasteiger partial charge in [0, 0.05) is 132 Å². The van der Waals surface area contributed by atoms with E-state index in [1.165, 1.54) is 109 Å². The zero-order valence-electron chi connectivity index (χ0n) is 67.9. The van der Waals surface area contributed by atoms with Crippen molar-refractivity contribution in [1.82, 2.24) is 57.3 Å². The molecule has 0 spiro atoms. The lowest BCUT2D eigenvalue weighted by molar-refractivity contribution is 1.07. The lowest BCUT2D eigenvalue weighted by Crippen LogP contribution is -2.01. The molecule has 0 atom stereocenters. The number of para-hydroxylation sites is 8. The summed E-state index contributed by atoms with van der Waals surface area (Å²) < 4.78 is 14.4. The minimum Gasteiger partial charge on any atom is -0.309 e. The Morgan fingerprint density at radius 1 is 0.111 bits per heavy atom. The third kappa shape index (κ3) is 11.8. The Hall–Kier alpha value is -17.2. The molecule has 0 unspecified atom stereocenters. The summed E-state index contributed by atoms with van der Waals surface area (Å²) in [5.41, 5.74) is 26.3. The fourth-order valence-electron chi connectivity index (χ4n) is 19.3. The van der Waals surface area contributed by atoms with Crippen molar-refractivity contribution in [3.63, 3.8) is 0 Å². The van der Waals surface area contributed by atoms with Crippen LogP contribution < -0.4 is 0 Å². The van der Waals surface area contributed by atoms with Gasteiger partial charge >= 0.3 is 0 Å². The second-order valence-electron chi connectivity index (χ2n) is 32.1. The normalized spacial score (nSPS) is 11.8.